The second-order valence-electron chi connectivity index (χ2n) is 10.0. The predicted molar refractivity (Wildman–Crippen MR) is 165 cm³/mol. The van der Waals surface area contributed by atoms with Crippen LogP contribution in [0.3, 0.4) is 0 Å². The monoisotopic (exact) mass is 632 g/mol. The summed E-state index contributed by atoms with van der Waals surface area (Å²) in [6, 6.07) is 41.5. The van der Waals surface area contributed by atoms with Crippen molar-refractivity contribution in [2.75, 3.05) is 0 Å². The Morgan fingerprint density at radius 2 is 0.707 bits per heavy atom. The summed E-state index contributed by atoms with van der Waals surface area (Å²) < 4.78 is 0. The van der Waals surface area contributed by atoms with Gasteiger partial charge in [-0.1, -0.05) is 121 Å². The van der Waals surface area contributed by atoms with E-state index < -0.39 is 0 Å². The van der Waals surface area contributed by atoms with E-state index in [2.05, 4.69) is 60.7 Å². The van der Waals surface area contributed by atoms with E-state index in [-0.39, 0.29) is 32.0 Å². The molecule has 0 saturated carbocycles. The fraction of sp³-hybridized carbons (Fsp3) is 0.211. The summed E-state index contributed by atoms with van der Waals surface area (Å²) in [6.07, 6.45) is 13.2. The molecule has 3 heteroatoms. The van der Waals surface area contributed by atoms with Crippen LogP contribution in [-0.2, 0) is 55.7 Å². The van der Waals surface area contributed by atoms with Crippen LogP contribution in [0.5, 0.6) is 0 Å². The minimum Gasteiger partial charge on any atom is -0.431 e. The molecule has 0 heterocycles. The van der Waals surface area contributed by atoms with Gasteiger partial charge in [-0.2, -0.15) is 0 Å². The molecule has 0 N–H and O–H groups in total. The van der Waals surface area contributed by atoms with Gasteiger partial charge in [0.05, 0.1) is 0 Å². The first-order valence-electron chi connectivity index (χ1n) is 13.8. The number of allylic oxidation sites excluding steroid dienone is 4. The summed E-state index contributed by atoms with van der Waals surface area (Å²) in [5.41, 5.74) is 5.15. The van der Waals surface area contributed by atoms with E-state index in [1.165, 1.54) is 22.3 Å². The third-order valence-corrected chi connectivity index (χ3v) is 6.41. The molecule has 41 heavy (non-hydrogen) atoms. The Labute approximate surface area is 259 Å². The summed E-state index contributed by atoms with van der Waals surface area (Å²) >= 11 is 0. The maximum atomic E-state index is 11.1. The van der Waals surface area contributed by atoms with E-state index in [4.69, 9.17) is 0 Å². The third kappa shape index (κ3) is 14.5. The molecule has 0 amide bonds. The molecule has 0 bridgehead atoms. The van der Waals surface area contributed by atoms with Gasteiger partial charge in [-0.05, 0) is 85.2 Å². The van der Waals surface area contributed by atoms with Gasteiger partial charge in [-0.15, -0.1) is 0 Å². The van der Waals surface area contributed by atoms with Crippen molar-refractivity contribution in [3.8, 4) is 0 Å². The van der Waals surface area contributed by atoms with Crippen molar-refractivity contribution in [3.05, 3.63) is 168 Å². The molecule has 0 saturated heterocycles. The smallest absolute Gasteiger partial charge is 0.431 e. The van der Waals surface area contributed by atoms with Crippen molar-refractivity contribution in [1.29, 1.82) is 0 Å². The van der Waals surface area contributed by atoms with Crippen LogP contribution < -0.4 is 0 Å². The Balaban J connectivity index is 0.000000280. The average Bonchev–Trinajstić information content (AvgIpc) is 2.97. The number of hydrogen-bond acceptors (Lipinski definition) is 2. The van der Waals surface area contributed by atoms with Crippen LogP contribution in [0.15, 0.2) is 133 Å². The number of carbonyl (C=O) groups excluding carboxylic acids is 2. The van der Waals surface area contributed by atoms with Crippen molar-refractivity contribution in [3.63, 3.8) is 0 Å². The minimum atomic E-state index is -0.0175. The summed E-state index contributed by atoms with van der Waals surface area (Å²) in [6.45, 7) is 3.08. The Kier molecular flexibility index (Phi) is 15.9. The molecule has 4 rings (SSSR count). The van der Waals surface area contributed by atoms with Crippen molar-refractivity contribution in [1.82, 2.24) is 0 Å². The summed E-state index contributed by atoms with van der Waals surface area (Å²) in [5.74, 6) is 0.555. The first-order valence-corrected chi connectivity index (χ1v) is 13.8. The van der Waals surface area contributed by atoms with E-state index in [1.807, 2.05) is 84.9 Å². The van der Waals surface area contributed by atoms with Crippen LogP contribution in [0, 0.1) is 24.0 Å². The van der Waals surface area contributed by atoms with Crippen LogP contribution in [0.4, 0.5) is 0 Å². The second kappa shape index (κ2) is 19.4. The molecular formula is C38H38O2Pd. The molecule has 0 unspecified atom stereocenters. The number of rotatable bonds is 12. The standard InChI is InChI=1S/2C19H19O.Pd/c2*1-16(20)12-13-19(14-17-8-4-2-5-9-17)15-18-10-6-3-7-11-18;/h2*2-11,13,19H,14-15H2,1H3;/q2*-1;+2. The predicted octanol–water partition coefficient (Wildman–Crippen LogP) is 8.07. The van der Waals surface area contributed by atoms with Crippen LogP contribution in [0.1, 0.15) is 36.1 Å². The summed E-state index contributed by atoms with van der Waals surface area (Å²) in [5, 5.41) is 0. The molecular weight excluding hydrogens is 595 g/mol. The van der Waals surface area contributed by atoms with Crippen LogP contribution >= 0.6 is 0 Å². The van der Waals surface area contributed by atoms with Gasteiger partial charge in [0.2, 0.25) is 0 Å². The van der Waals surface area contributed by atoms with Gasteiger partial charge >= 0.3 is 20.4 Å². The largest absolute Gasteiger partial charge is 2.00 e. The molecule has 2 nitrogen and oxygen atoms in total. The van der Waals surface area contributed by atoms with E-state index in [9.17, 15) is 9.59 Å². The number of ketones is 2. The van der Waals surface area contributed by atoms with Gasteiger partial charge in [0.15, 0.2) is 0 Å². The Hall–Kier alpha value is -3.64. The van der Waals surface area contributed by atoms with Gasteiger partial charge in [0, 0.05) is 0 Å². The minimum absolute atomic E-state index is 0. The zero-order valence-electron chi connectivity index (χ0n) is 23.8. The third-order valence-electron chi connectivity index (χ3n) is 6.41. The van der Waals surface area contributed by atoms with Gasteiger partial charge in [-0.25, -0.2) is 0 Å². The normalized spacial score (nSPS) is 10.8. The first-order chi connectivity index (χ1) is 19.5. The Bertz CT molecular complexity index is 1140. The molecule has 0 fully saturated rings. The molecule has 4 aromatic rings. The molecule has 0 radical (unpaired) electrons. The van der Waals surface area contributed by atoms with Gasteiger partial charge in [0.1, 0.15) is 0 Å². The molecule has 0 aliphatic heterocycles. The molecule has 0 atom stereocenters. The zero-order valence-corrected chi connectivity index (χ0v) is 25.4. The van der Waals surface area contributed by atoms with E-state index in [1.54, 1.807) is 13.8 Å². The topological polar surface area (TPSA) is 34.1 Å². The number of carbonyl (C=O) groups is 2. The zero-order chi connectivity index (χ0) is 28.4. The fourth-order valence-electron chi connectivity index (χ4n) is 4.52. The summed E-state index contributed by atoms with van der Waals surface area (Å²) in [7, 11) is 0. The van der Waals surface area contributed by atoms with Gasteiger partial charge in [0.25, 0.3) is 0 Å². The molecule has 0 spiro atoms. The van der Waals surface area contributed by atoms with Crippen LogP contribution in [0.25, 0.3) is 0 Å². The quantitative estimate of drug-likeness (QED) is 0.0899. The maximum absolute atomic E-state index is 11.1. The summed E-state index contributed by atoms with van der Waals surface area (Å²) in [4.78, 5) is 22.2. The Morgan fingerprint density at radius 1 is 0.488 bits per heavy atom. The van der Waals surface area contributed by atoms with Crippen molar-refractivity contribution in [2.24, 2.45) is 11.8 Å². The average molecular weight is 633 g/mol. The second-order valence-corrected chi connectivity index (χ2v) is 10.0. The van der Waals surface area contributed by atoms with E-state index in [0.717, 1.165) is 25.7 Å². The molecule has 212 valence electrons. The SMILES string of the molecule is CC(=O)[C-]=CC(Cc1ccccc1)Cc1ccccc1.CC(=O)[C-]=CC(Cc1ccccc1)Cc1ccccc1.[Pd+2]. The maximum Gasteiger partial charge on any atom is 2.00 e. The van der Waals surface area contributed by atoms with Crippen molar-refractivity contribution >= 4 is 11.6 Å². The van der Waals surface area contributed by atoms with Gasteiger partial charge in [-0.3, -0.25) is 12.2 Å². The molecule has 0 aromatic heterocycles. The number of hydrogen-bond donors (Lipinski definition) is 0. The van der Waals surface area contributed by atoms with Crippen LogP contribution in [-0.4, -0.2) is 11.6 Å². The first kappa shape index (κ1) is 33.6. The number of Topliss-reactive ketones (excluding diaryl/α,β-unsaturated/α-hetero) is 2. The molecule has 0 aliphatic carbocycles. The fourth-order valence-corrected chi connectivity index (χ4v) is 4.52. The van der Waals surface area contributed by atoms with Crippen LogP contribution in [0.2, 0.25) is 0 Å². The van der Waals surface area contributed by atoms with Crippen molar-refractivity contribution in [2.45, 2.75) is 39.5 Å². The van der Waals surface area contributed by atoms with E-state index >= 15 is 0 Å². The molecule has 4 aromatic carbocycles. The molecule has 0 aliphatic rings. The van der Waals surface area contributed by atoms with Gasteiger partial charge < -0.3 is 21.7 Å². The Morgan fingerprint density at radius 3 is 0.902 bits per heavy atom. The van der Waals surface area contributed by atoms with Crippen molar-refractivity contribution < 1.29 is 30.0 Å². The van der Waals surface area contributed by atoms with E-state index in [0.29, 0.717) is 11.8 Å². The number of benzene rings is 4.